The molecule has 0 fully saturated rings. The number of aromatic nitrogens is 1. The van der Waals surface area contributed by atoms with Gasteiger partial charge in [0.25, 0.3) is 5.91 Å². The summed E-state index contributed by atoms with van der Waals surface area (Å²) < 4.78 is 10.5. The molecule has 3 aromatic rings. The number of benzene rings is 2. The Kier molecular flexibility index (Phi) is 4.52. The van der Waals surface area contributed by atoms with E-state index in [0.717, 1.165) is 11.1 Å². The molecule has 128 valence electrons. The highest BCUT2D eigenvalue weighted by Gasteiger charge is 2.22. The minimum atomic E-state index is -0.949. The fourth-order valence-electron chi connectivity index (χ4n) is 2.45. The molecular weight excluding hydrogens is 320 g/mol. The van der Waals surface area contributed by atoms with Gasteiger partial charge in [-0.2, -0.15) is 0 Å². The molecule has 3 rings (SSSR count). The Morgan fingerprint density at radius 2 is 1.92 bits per heavy atom. The van der Waals surface area contributed by atoms with Crippen LogP contribution in [-0.4, -0.2) is 23.0 Å². The van der Waals surface area contributed by atoms with Gasteiger partial charge >= 0.3 is 5.97 Å². The van der Waals surface area contributed by atoms with E-state index in [1.165, 1.54) is 13.3 Å². The zero-order chi connectivity index (χ0) is 18.0. The average molecular weight is 338 g/mol. The quantitative estimate of drug-likeness (QED) is 0.735. The maximum absolute atomic E-state index is 12.4. The molecule has 0 saturated carbocycles. The first-order chi connectivity index (χ1) is 12.0. The summed E-state index contributed by atoms with van der Waals surface area (Å²) in [6, 6.07) is 10.6. The highest BCUT2D eigenvalue weighted by Crippen LogP contribution is 2.20. The fourth-order valence-corrected chi connectivity index (χ4v) is 2.45. The Hall–Kier alpha value is -3.15. The summed E-state index contributed by atoms with van der Waals surface area (Å²) in [7, 11) is 0. The minimum Gasteiger partial charge on any atom is -0.449 e. The molecule has 1 amide bonds. The molecule has 1 N–H and O–H groups in total. The van der Waals surface area contributed by atoms with Gasteiger partial charge in [-0.05, 0) is 50.1 Å². The molecule has 6 nitrogen and oxygen atoms in total. The predicted molar refractivity (Wildman–Crippen MR) is 93.4 cm³/mol. The lowest BCUT2D eigenvalue weighted by Crippen LogP contribution is -2.30. The van der Waals surface area contributed by atoms with Crippen molar-refractivity contribution in [1.82, 2.24) is 4.98 Å². The number of nitrogens with one attached hydrogen (secondary N) is 1. The number of amides is 1. The summed E-state index contributed by atoms with van der Waals surface area (Å²) in [4.78, 5) is 28.7. The molecule has 0 spiro atoms. The number of hydrogen-bond acceptors (Lipinski definition) is 5. The van der Waals surface area contributed by atoms with Crippen molar-refractivity contribution in [1.29, 1.82) is 0 Å². The first kappa shape index (κ1) is 16.7. The number of carbonyl (C=O) groups is 2. The van der Waals surface area contributed by atoms with E-state index in [9.17, 15) is 9.59 Å². The van der Waals surface area contributed by atoms with Gasteiger partial charge in [-0.15, -0.1) is 0 Å². The summed E-state index contributed by atoms with van der Waals surface area (Å²) in [6.45, 7) is 5.42. The summed E-state index contributed by atoms with van der Waals surface area (Å²) in [5.41, 5.74) is 3.91. The number of para-hydroxylation sites is 1. The lowest BCUT2D eigenvalue weighted by Gasteiger charge is -2.15. The Bertz CT molecular complexity index is 946. The summed E-state index contributed by atoms with van der Waals surface area (Å²) in [6.07, 6.45) is 0.313. The Morgan fingerprint density at radius 3 is 2.72 bits per heavy atom. The molecule has 6 heteroatoms. The van der Waals surface area contributed by atoms with Gasteiger partial charge < -0.3 is 14.5 Å². The van der Waals surface area contributed by atoms with E-state index < -0.39 is 18.0 Å². The Balaban J connectivity index is 1.72. The molecular formula is C19H18N2O4. The highest BCUT2D eigenvalue weighted by atomic mass is 16.5. The molecule has 0 aliphatic rings. The molecule has 0 radical (unpaired) electrons. The van der Waals surface area contributed by atoms with Crippen LogP contribution in [0.3, 0.4) is 0 Å². The van der Waals surface area contributed by atoms with Crippen molar-refractivity contribution in [3.63, 3.8) is 0 Å². The van der Waals surface area contributed by atoms with Crippen LogP contribution in [0.15, 0.2) is 47.2 Å². The monoisotopic (exact) mass is 338 g/mol. The Morgan fingerprint density at radius 1 is 1.16 bits per heavy atom. The number of rotatable bonds is 4. The topological polar surface area (TPSA) is 81.4 Å². The summed E-state index contributed by atoms with van der Waals surface area (Å²) >= 11 is 0. The second kappa shape index (κ2) is 6.76. The molecule has 0 bridgehead atoms. The molecule has 1 unspecified atom stereocenters. The van der Waals surface area contributed by atoms with Crippen molar-refractivity contribution >= 4 is 28.7 Å². The van der Waals surface area contributed by atoms with E-state index >= 15 is 0 Å². The third-order valence-electron chi connectivity index (χ3n) is 4.10. The second-order valence-corrected chi connectivity index (χ2v) is 5.79. The lowest BCUT2D eigenvalue weighted by atomic mass is 10.1. The number of oxazole rings is 1. The number of anilines is 1. The van der Waals surface area contributed by atoms with Crippen molar-refractivity contribution in [3.8, 4) is 0 Å². The molecule has 1 aromatic heterocycles. The first-order valence-corrected chi connectivity index (χ1v) is 7.87. The van der Waals surface area contributed by atoms with Crippen LogP contribution in [0.5, 0.6) is 0 Å². The molecule has 1 atom stereocenters. The maximum atomic E-state index is 12.4. The third kappa shape index (κ3) is 3.38. The molecule has 0 aliphatic heterocycles. The number of carbonyl (C=O) groups excluding carboxylic acids is 2. The predicted octanol–water partition coefficient (Wildman–Crippen LogP) is 3.63. The standard InChI is InChI=1S/C19H18N2O4/c1-11-6-4-8-15(12(11)2)21-18(22)13(3)25-19(23)14-7-5-9-16-17(14)20-10-24-16/h4-10,13H,1-3H3,(H,21,22). The van der Waals surface area contributed by atoms with Crippen molar-refractivity contribution in [2.45, 2.75) is 26.9 Å². The van der Waals surface area contributed by atoms with Gasteiger partial charge in [-0.25, -0.2) is 9.78 Å². The molecule has 1 heterocycles. The van der Waals surface area contributed by atoms with Crippen molar-refractivity contribution in [2.24, 2.45) is 0 Å². The molecule has 0 saturated heterocycles. The largest absolute Gasteiger partial charge is 0.449 e. The van der Waals surface area contributed by atoms with Gasteiger partial charge in [0.2, 0.25) is 0 Å². The SMILES string of the molecule is Cc1cccc(NC(=O)C(C)OC(=O)c2cccc3ocnc23)c1C. The van der Waals surface area contributed by atoms with Gasteiger partial charge in [0.1, 0.15) is 5.52 Å². The number of ether oxygens (including phenoxy) is 1. The number of fused-ring (bicyclic) bond motifs is 1. The van der Waals surface area contributed by atoms with E-state index in [2.05, 4.69) is 10.3 Å². The van der Waals surface area contributed by atoms with E-state index in [0.29, 0.717) is 16.8 Å². The second-order valence-electron chi connectivity index (χ2n) is 5.79. The Labute approximate surface area is 144 Å². The number of esters is 1. The minimum absolute atomic E-state index is 0.262. The number of hydrogen-bond donors (Lipinski definition) is 1. The van der Waals surface area contributed by atoms with Crippen LogP contribution >= 0.6 is 0 Å². The first-order valence-electron chi connectivity index (χ1n) is 7.87. The van der Waals surface area contributed by atoms with Crippen molar-refractivity contribution in [3.05, 3.63) is 59.5 Å². The summed E-state index contributed by atoms with van der Waals surface area (Å²) in [5.74, 6) is -1.02. The van der Waals surface area contributed by atoms with Gasteiger partial charge in [-0.3, -0.25) is 4.79 Å². The highest BCUT2D eigenvalue weighted by molar-refractivity contribution is 6.03. The van der Waals surface area contributed by atoms with Crippen molar-refractivity contribution < 1.29 is 18.7 Å². The van der Waals surface area contributed by atoms with Crippen LogP contribution in [0, 0.1) is 13.8 Å². The van der Waals surface area contributed by atoms with Gasteiger partial charge in [0.05, 0.1) is 5.56 Å². The lowest BCUT2D eigenvalue weighted by molar-refractivity contribution is -0.123. The van der Waals surface area contributed by atoms with Gasteiger partial charge in [0.15, 0.2) is 18.1 Å². The molecule has 25 heavy (non-hydrogen) atoms. The molecule has 2 aromatic carbocycles. The van der Waals surface area contributed by atoms with E-state index in [1.807, 2.05) is 32.0 Å². The normalized spacial score (nSPS) is 12.0. The summed E-state index contributed by atoms with van der Waals surface area (Å²) in [5, 5.41) is 2.79. The van der Waals surface area contributed by atoms with Gasteiger partial charge in [-0.1, -0.05) is 18.2 Å². The van der Waals surface area contributed by atoms with E-state index in [-0.39, 0.29) is 5.56 Å². The average Bonchev–Trinajstić information content (AvgIpc) is 3.07. The smallest absolute Gasteiger partial charge is 0.341 e. The zero-order valence-electron chi connectivity index (χ0n) is 14.2. The van der Waals surface area contributed by atoms with Crippen molar-refractivity contribution in [2.75, 3.05) is 5.32 Å². The molecule has 0 aliphatic carbocycles. The number of aryl methyl sites for hydroxylation is 1. The van der Waals surface area contributed by atoms with Crippen LogP contribution < -0.4 is 5.32 Å². The van der Waals surface area contributed by atoms with Crippen LogP contribution in [0.25, 0.3) is 11.1 Å². The van der Waals surface area contributed by atoms with Crippen LogP contribution in [0.4, 0.5) is 5.69 Å². The zero-order valence-corrected chi connectivity index (χ0v) is 14.2. The van der Waals surface area contributed by atoms with E-state index in [4.69, 9.17) is 9.15 Å². The van der Waals surface area contributed by atoms with Crippen LogP contribution in [-0.2, 0) is 9.53 Å². The fraction of sp³-hybridized carbons (Fsp3) is 0.211. The van der Waals surface area contributed by atoms with E-state index in [1.54, 1.807) is 18.2 Å². The van der Waals surface area contributed by atoms with Gasteiger partial charge in [0, 0.05) is 5.69 Å². The maximum Gasteiger partial charge on any atom is 0.341 e. The van der Waals surface area contributed by atoms with Crippen LogP contribution in [0.2, 0.25) is 0 Å². The third-order valence-corrected chi connectivity index (χ3v) is 4.10. The number of nitrogens with zero attached hydrogens (tertiary/aromatic N) is 1. The van der Waals surface area contributed by atoms with Crippen LogP contribution in [0.1, 0.15) is 28.4 Å².